The van der Waals surface area contributed by atoms with Crippen molar-refractivity contribution in [2.75, 3.05) is 48.5 Å². The number of benzene rings is 2. The van der Waals surface area contributed by atoms with E-state index in [0.717, 1.165) is 61.3 Å². The number of methoxy groups -OCH3 is 3. The Labute approximate surface area is 302 Å². The Morgan fingerprint density at radius 2 is 1.18 bits per heavy atom. The van der Waals surface area contributed by atoms with Gasteiger partial charge in [0.2, 0.25) is 0 Å². The molecule has 12 nitrogen and oxygen atoms in total. The molecular weight excluding hydrogens is 645 g/mol. The van der Waals surface area contributed by atoms with E-state index in [4.69, 9.17) is 14.2 Å². The fraction of sp³-hybridized carbons (Fsp3) is 0.429. The Kier molecular flexibility index (Phi) is 13.5. The summed E-state index contributed by atoms with van der Waals surface area (Å²) in [6.45, 7) is 4.08. The van der Waals surface area contributed by atoms with E-state index in [-0.39, 0.29) is 62.4 Å². The maximum absolute atomic E-state index is 14.5. The van der Waals surface area contributed by atoms with Crippen molar-refractivity contribution in [3.8, 4) is 0 Å². The zero-order valence-electron chi connectivity index (χ0n) is 29.4. The van der Waals surface area contributed by atoms with Crippen LogP contribution in [0.5, 0.6) is 0 Å². The standard InChI is InChI=1S/C18H22FN3O3.C17H20FN3O3.Li/c1-21-5-4-12-7-16(19)14(6-13(12)9-21)10-22-17(11-24-2)15(8-20-22)18(23)25-3;1-20-4-3-11-6-15(18)13(5-12(11)8-20)9-21-16(10-24-2)14(7-19-21)17(22)23;/h6-8H,4-5,9-11H2,1-3H3;5-7H,3-4,8-10H2,1-2H3,(H,22,23);/q;;+1/p-1. The molecule has 0 atom stereocenters. The summed E-state index contributed by atoms with van der Waals surface area (Å²) in [7, 11) is 8.40. The van der Waals surface area contributed by atoms with Gasteiger partial charge < -0.3 is 33.9 Å². The molecule has 0 saturated carbocycles. The maximum Gasteiger partial charge on any atom is 1.00 e. The molecule has 0 N–H and O–H groups in total. The van der Waals surface area contributed by atoms with Crippen molar-refractivity contribution in [3.05, 3.63) is 104 Å². The second-order valence-corrected chi connectivity index (χ2v) is 12.4. The van der Waals surface area contributed by atoms with E-state index in [0.29, 0.717) is 28.1 Å². The quantitative estimate of drug-likeness (QED) is 0.160. The second kappa shape index (κ2) is 17.3. The number of ether oxygens (including phenoxy) is 3. The summed E-state index contributed by atoms with van der Waals surface area (Å²) in [4.78, 5) is 27.4. The number of nitrogens with zero attached hydrogens (tertiary/aromatic N) is 6. The molecule has 0 radical (unpaired) electrons. The van der Waals surface area contributed by atoms with Gasteiger partial charge in [-0.3, -0.25) is 9.36 Å². The summed E-state index contributed by atoms with van der Waals surface area (Å²) in [5.74, 6) is -2.35. The minimum Gasteiger partial charge on any atom is -0.545 e. The van der Waals surface area contributed by atoms with Crippen LogP contribution < -0.4 is 24.0 Å². The smallest absolute Gasteiger partial charge is 0.545 e. The van der Waals surface area contributed by atoms with Gasteiger partial charge in [-0.25, -0.2) is 13.6 Å². The van der Waals surface area contributed by atoms with E-state index in [9.17, 15) is 23.5 Å². The molecule has 4 heterocycles. The Hall–Kier alpha value is -3.90. The molecule has 0 spiro atoms. The molecule has 6 rings (SSSR count). The van der Waals surface area contributed by atoms with Crippen LogP contribution in [0.25, 0.3) is 0 Å². The molecule has 0 aliphatic carbocycles. The van der Waals surface area contributed by atoms with Gasteiger partial charge in [-0.2, -0.15) is 10.2 Å². The van der Waals surface area contributed by atoms with Crippen LogP contribution in [0.15, 0.2) is 36.7 Å². The summed E-state index contributed by atoms with van der Waals surface area (Å²) < 4.78 is 47.0. The van der Waals surface area contributed by atoms with Crippen LogP contribution in [0.1, 0.15) is 65.5 Å². The van der Waals surface area contributed by atoms with Crippen molar-refractivity contribution in [2.45, 2.75) is 52.2 Å². The summed E-state index contributed by atoms with van der Waals surface area (Å²) in [5.41, 5.74) is 6.60. The van der Waals surface area contributed by atoms with E-state index in [1.54, 1.807) is 16.8 Å². The summed E-state index contributed by atoms with van der Waals surface area (Å²) in [6, 6.07) is 6.95. The number of esters is 1. The second-order valence-electron chi connectivity index (χ2n) is 12.4. The van der Waals surface area contributed by atoms with Crippen LogP contribution in [0.3, 0.4) is 0 Å². The third-order valence-electron chi connectivity index (χ3n) is 8.87. The van der Waals surface area contributed by atoms with Crippen molar-refractivity contribution < 1.29 is 56.5 Å². The predicted octanol–water partition coefficient (Wildman–Crippen LogP) is -0.436. The van der Waals surface area contributed by atoms with E-state index in [1.807, 2.05) is 19.2 Å². The molecule has 262 valence electrons. The number of aromatic nitrogens is 4. The van der Waals surface area contributed by atoms with Gasteiger partial charge in [0.05, 0.1) is 63.2 Å². The summed E-state index contributed by atoms with van der Waals surface area (Å²) >= 11 is 0. The molecule has 2 aromatic heterocycles. The number of rotatable bonds is 10. The number of aromatic carboxylic acids is 1. The average Bonchev–Trinajstić information content (AvgIpc) is 3.66. The van der Waals surface area contributed by atoms with E-state index < -0.39 is 11.9 Å². The molecule has 2 aromatic carbocycles. The zero-order valence-corrected chi connectivity index (χ0v) is 29.4. The van der Waals surface area contributed by atoms with Crippen molar-refractivity contribution in [1.82, 2.24) is 29.4 Å². The molecule has 15 heteroatoms. The van der Waals surface area contributed by atoms with Gasteiger partial charge in [0.1, 0.15) is 17.2 Å². The molecule has 0 saturated heterocycles. The predicted molar refractivity (Wildman–Crippen MR) is 173 cm³/mol. The average molecular weight is 687 g/mol. The Morgan fingerprint density at radius 1 is 0.740 bits per heavy atom. The molecule has 0 amide bonds. The Balaban J connectivity index is 0.000000220. The number of hydrogen-bond acceptors (Lipinski definition) is 10. The first-order valence-electron chi connectivity index (χ1n) is 15.9. The number of carboxylic acids is 1. The van der Waals surface area contributed by atoms with Crippen LogP contribution in [0, 0.1) is 11.6 Å². The zero-order chi connectivity index (χ0) is 35.2. The molecule has 0 fully saturated rings. The molecule has 0 unspecified atom stereocenters. The van der Waals surface area contributed by atoms with Crippen LogP contribution in [0.4, 0.5) is 8.78 Å². The Bertz CT molecular complexity index is 1830. The minimum atomic E-state index is -1.32. The van der Waals surface area contributed by atoms with Gasteiger partial charge in [0, 0.05) is 57.1 Å². The number of carboxylic acid groups (broad SMARTS) is 1. The van der Waals surface area contributed by atoms with Gasteiger partial charge in [-0.15, -0.1) is 0 Å². The molecule has 4 aromatic rings. The molecule has 0 bridgehead atoms. The first kappa shape index (κ1) is 38.9. The van der Waals surface area contributed by atoms with Crippen molar-refractivity contribution in [3.63, 3.8) is 0 Å². The van der Waals surface area contributed by atoms with Crippen molar-refractivity contribution in [1.29, 1.82) is 0 Å². The van der Waals surface area contributed by atoms with E-state index in [1.165, 1.54) is 38.4 Å². The van der Waals surface area contributed by atoms with E-state index in [2.05, 4.69) is 27.0 Å². The SMILES string of the molecule is COCc1c(C(=O)OC)cnn1Cc1cc2c(cc1F)CCN(C)C2.COCc1c(C(=O)[O-])cnn1Cc1cc2c(cc1F)CCN(C)C2.[Li+]. The third kappa shape index (κ3) is 8.87. The Morgan fingerprint density at radius 3 is 1.60 bits per heavy atom. The van der Waals surface area contributed by atoms with Crippen molar-refractivity contribution >= 4 is 11.9 Å². The number of carbonyl (C=O) groups excluding carboxylic acids is 2. The normalized spacial score (nSPS) is 14.2. The molecule has 50 heavy (non-hydrogen) atoms. The molecule has 2 aliphatic heterocycles. The van der Waals surface area contributed by atoms with Crippen LogP contribution in [-0.2, 0) is 66.4 Å². The van der Waals surface area contributed by atoms with Gasteiger partial charge >= 0.3 is 24.8 Å². The molecular formula is C35H41F2LiN6O6. The van der Waals surface area contributed by atoms with Crippen LogP contribution in [0.2, 0.25) is 0 Å². The molecule has 2 aliphatic rings. The van der Waals surface area contributed by atoms with Crippen LogP contribution in [-0.4, -0.2) is 89.8 Å². The van der Waals surface area contributed by atoms with Gasteiger partial charge in [0.15, 0.2) is 0 Å². The number of carbonyl (C=O) groups is 2. The number of fused-ring (bicyclic) bond motifs is 2. The monoisotopic (exact) mass is 686 g/mol. The van der Waals surface area contributed by atoms with Crippen LogP contribution >= 0.6 is 0 Å². The fourth-order valence-corrected chi connectivity index (χ4v) is 6.23. The van der Waals surface area contributed by atoms with Gasteiger partial charge in [-0.1, -0.05) is 0 Å². The largest absolute Gasteiger partial charge is 1.00 e. The number of hydrogen-bond donors (Lipinski definition) is 0. The number of halogens is 2. The summed E-state index contributed by atoms with van der Waals surface area (Å²) in [6.07, 6.45) is 4.33. The first-order valence-corrected chi connectivity index (χ1v) is 15.9. The fourth-order valence-electron chi connectivity index (χ4n) is 6.23. The number of likely N-dealkylation sites (N-methyl/N-ethyl adjacent to an activating group) is 2. The van der Waals surface area contributed by atoms with Gasteiger partial charge in [0.25, 0.3) is 0 Å². The first-order chi connectivity index (χ1) is 23.5. The maximum atomic E-state index is 14.5. The van der Waals surface area contributed by atoms with Gasteiger partial charge in [-0.05, 0) is 73.5 Å². The minimum absolute atomic E-state index is 0. The van der Waals surface area contributed by atoms with E-state index >= 15 is 0 Å². The summed E-state index contributed by atoms with van der Waals surface area (Å²) in [5, 5.41) is 19.4. The topological polar surface area (TPSA) is 127 Å². The van der Waals surface area contributed by atoms with Crippen molar-refractivity contribution in [2.24, 2.45) is 0 Å². The third-order valence-corrected chi connectivity index (χ3v) is 8.87.